The lowest BCUT2D eigenvalue weighted by atomic mass is 10.2. The summed E-state index contributed by atoms with van der Waals surface area (Å²) in [6, 6.07) is 0.346. The Bertz CT molecular complexity index is 361. The Morgan fingerprint density at radius 2 is 2.62 bits per heavy atom. The first kappa shape index (κ1) is 11.3. The highest BCUT2D eigenvalue weighted by Crippen LogP contribution is 2.19. The number of carboxylic acids is 1. The number of aromatic nitrogens is 1. The predicted octanol–water partition coefficient (Wildman–Crippen LogP) is 1.36. The monoisotopic (exact) mass is 242 g/mol. The molecule has 0 bridgehead atoms. The number of hydrogen-bond acceptors (Lipinski definition) is 5. The smallest absolute Gasteiger partial charge is 0.303 e. The Hall–Kier alpha value is -1.14. The van der Waals surface area contributed by atoms with Crippen LogP contribution in [0.15, 0.2) is 5.38 Å². The Labute approximate surface area is 97.5 Å². The highest BCUT2D eigenvalue weighted by Gasteiger charge is 2.16. The first-order chi connectivity index (χ1) is 7.74. The predicted molar refractivity (Wildman–Crippen MR) is 60.9 cm³/mol. The fourth-order valence-corrected chi connectivity index (χ4v) is 2.37. The normalized spacial score (nSPS) is 19.9. The number of nitrogens with zero attached hydrogens (tertiary/aromatic N) is 1. The average Bonchev–Trinajstić information content (AvgIpc) is 2.87. The highest BCUT2D eigenvalue weighted by atomic mass is 32.1. The quantitative estimate of drug-likeness (QED) is 0.815. The number of carboxylic acid groups (broad SMARTS) is 1. The number of hydrogen-bond donors (Lipinski definition) is 2. The van der Waals surface area contributed by atoms with Crippen LogP contribution < -0.4 is 5.32 Å². The third-order valence-electron chi connectivity index (χ3n) is 2.40. The molecule has 5 nitrogen and oxygen atoms in total. The van der Waals surface area contributed by atoms with Crippen molar-refractivity contribution >= 4 is 22.4 Å². The molecule has 1 aliphatic rings. The molecule has 0 aliphatic carbocycles. The summed E-state index contributed by atoms with van der Waals surface area (Å²) in [7, 11) is 0. The minimum Gasteiger partial charge on any atom is -0.481 e. The van der Waals surface area contributed by atoms with Crippen LogP contribution in [0.1, 0.15) is 18.5 Å². The molecule has 2 N–H and O–H groups in total. The Kier molecular flexibility index (Phi) is 3.74. The minimum atomic E-state index is -0.785. The standard InChI is InChI=1S/C10H14N2O3S/c13-9(14)2-1-8-6-16-10(12-8)11-7-3-4-15-5-7/h6-7H,1-5H2,(H,11,12)(H,13,14). The Morgan fingerprint density at radius 3 is 3.31 bits per heavy atom. The molecule has 0 amide bonds. The summed E-state index contributed by atoms with van der Waals surface area (Å²) >= 11 is 1.52. The van der Waals surface area contributed by atoms with Gasteiger partial charge < -0.3 is 15.2 Å². The summed E-state index contributed by atoms with van der Waals surface area (Å²) in [5, 5.41) is 14.6. The maximum Gasteiger partial charge on any atom is 0.303 e. The van der Waals surface area contributed by atoms with E-state index in [0.29, 0.717) is 12.5 Å². The second-order valence-corrected chi connectivity index (χ2v) is 4.60. The summed E-state index contributed by atoms with van der Waals surface area (Å²) in [4.78, 5) is 14.7. The number of aliphatic carboxylic acids is 1. The molecule has 1 fully saturated rings. The van der Waals surface area contributed by atoms with Crippen LogP contribution in [0.2, 0.25) is 0 Å². The van der Waals surface area contributed by atoms with Gasteiger partial charge in [0.1, 0.15) is 0 Å². The van der Waals surface area contributed by atoms with Gasteiger partial charge in [-0.3, -0.25) is 4.79 Å². The van der Waals surface area contributed by atoms with Crippen molar-refractivity contribution in [3.8, 4) is 0 Å². The third kappa shape index (κ3) is 3.18. The molecule has 0 radical (unpaired) electrons. The van der Waals surface area contributed by atoms with Gasteiger partial charge in [-0.05, 0) is 6.42 Å². The van der Waals surface area contributed by atoms with Gasteiger partial charge in [-0.2, -0.15) is 0 Å². The lowest BCUT2D eigenvalue weighted by Gasteiger charge is -2.07. The third-order valence-corrected chi connectivity index (χ3v) is 3.23. The highest BCUT2D eigenvalue weighted by molar-refractivity contribution is 7.13. The molecule has 1 aromatic heterocycles. The number of nitrogens with one attached hydrogen (secondary N) is 1. The van der Waals surface area contributed by atoms with E-state index in [0.717, 1.165) is 30.5 Å². The number of ether oxygens (including phenoxy) is 1. The number of rotatable bonds is 5. The topological polar surface area (TPSA) is 71.5 Å². The van der Waals surface area contributed by atoms with Gasteiger partial charge in [0, 0.05) is 18.4 Å². The van der Waals surface area contributed by atoms with Crippen LogP contribution in [0, 0.1) is 0 Å². The molecule has 6 heteroatoms. The first-order valence-corrected chi connectivity index (χ1v) is 6.12. The first-order valence-electron chi connectivity index (χ1n) is 5.24. The van der Waals surface area contributed by atoms with E-state index in [4.69, 9.17) is 9.84 Å². The van der Waals surface area contributed by atoms with Crippen molar-refractivity contribution < 1.29 is 14.6 Å². The molecule has 2 heterocycles. The van der Waals surface area contributed by atoms with Gasteiger partial charge in [0.05, 0.1) is 24.8 Å². The van der Waals surface area contributed by atoms with Gasteiger partial charge in [-0.1, -0.05) is 0 Å². The van der Waals surface area contributed by atoms with Crippen LogP contribution in [0.4, 0.5) is 5.13 Å². The molecule has 0 spiro atoms. The van der Waals surface area contributed by atoms with E-state index in [1.54, 1.807) is 0 Å². The maximum absolute atomic E-state index is 10.4. The second-order valence-electron chi connectivity index (χ2n) is 3.74. The van der Waals surface area contributed by atoms with Crippen LogP contribution in [0.25, 0.3) is 0 Å². The molecule has 1 saturated heterocycles. The van der Waals surface area contributed by atoms with Crippen LogP contribution in [-0.2, 0) is 16.0 Å². The van der Waals surface area contributed by atoms with Crippen molar-refractivity contribution in [3.05, 3.63) is 11.1 Å². The molecule has 88 valence electrons. The van der Waals surface area contributed by atoms with Gasteiger partial charge in [0.2, 0.25) is 0 Å². The Balaban J connectivity index is 1.84. The summed E-state index contributed by atoms with van der Waals surface area (Å²) in [6.45, 7) is 1.53. The zero-order valence-corrected chi connectivity index (χ0v) is 9.63. The van der Waals surface area contributed by atoms with Crippen molar-refractivity contribution in [2.45, 2.75) is 25.3 Å². The van der Waals surface area contributed by atoms with Gasteiger partial charge in [-0.25, -0.2) is 4.98 Å². The van der Waals surface area contributed by atoms with E-state index < -0.39 is 5.97 Å². The van der Waals surface area contributed by atoms with Gasteiger partial charge in [-0.15, -0.1) is 11.3 Å². The van der Waals surface area contributed by atoms with Crippen LogP contribution in [0.3, 0.4) is 0 Å². The largest absolute Gasteiger partial charge is 0.481 e. The van der Waals surface area contributed by atoms with E-state index in [1.807, 2.05) is 5.38 Å². The van der Waals surface area contributed by atoms with E-state index in [-0.39, 0.29) is 6.42 Å². The SMILES string of the molecule is O=C(O)CCc1csc(NC2CCOC2)n1. The molecule has 2 rings (SSSR count). The molecule has 1 aromatic rings. The number of thiazole rings is 1. The zero-order chi connectivity index (χ0) is 11.4. The van der Waals surface area contributed by atoms with Gasteiger partial charge in [0.25, 0.3) is 0 Å². The van der Waals surface area contributed by atoms with E-state index in [1.165, 1.54) is 11.3 Å². The molecule has 1 atom stereocenters. The second kappa shape index (κ2) is 5.27. The molecule has 16 heavy (non-hydrogen) atoms. The molecule has 0 saturated carbocycles. The zero-order valence-electron chi connectivity index (χ0n) is 8.81. The molecule has 0 aromatic carbocycles. The van der Waals surface area contributed by atoms with Crippen molar-refractivity contribution in [2.24, 2.45) is 0 Å². The minimum absolute atomic E-state index is 0.135. The van der Waals surface area contributed by atoms with Gasteiger partial charge in [0.15, 0.2) is 5.13 Å². The maximum atomic E-state index is 10.4. The summed E-state index contributed by atoms with van der Waals surface area (Å²) in [5.41, 5.74) is 0.841. The lowest BCUT2D eigenvalue weighted by molar-refractivity contribution is -0.136. The molecular weight excluding hydrogens is 228 g/mol. The van der Waals surface area contributed by atoms with Crippen LogP contribution in [0.5, 0.6) is 0 Å². The van der Waals surface area contributed by atoms with E-state index in [2.05, 4.69) is 10.3 Å². The molecule has 1 unspecified atom stereocenters. The van der Waals surface area contributed by atoms with Crippen LogP contribution >= 0.6 is 11.3 Å². The lowest BCUT2D eigenvalue weighted by Crippen LogP contribution is -2.18. The average molecular weight is 242 g/mol. The number of anilines is 1. The van der Waals surface area contributed by atoms with Crippen molar-refractivity contribution in [1.82, 2.24) is 4.98 Å². The van der Waals surface area contributed by atoms with E-state index >= 15 is 0 Å². The number of aryl methyl sites for hydroxylation is 1. The van der Waals surface area contributed by atoms with Crippen molar-refractivity contribution in [1.29, 1.82) is 0 Å². The summed E-state index contributed by atoms with van der Waals surface area (Å²) in [5.74, 6) is -0.785. The fourth-order valence-electron chi connectivity index (χ4n) is 1.55. The van der Waals surface area contributed by atoms with E-state index in [9.17, 15) is 4.79 Å². The summed E-state index contributed by atoms with van der Waals surface area (Å²) in [6.07, 6.45) is 1.63. The van der Waals surface area contributed by atoms with Crippen molar-refractivity contribution in [2.75, 3.05) is 18.5 Å². The molecular formula is C10H14N2O3S. The fraction of sp³-hybridized carbons (Fsp3) is 0.600. The van der Waals surface area contributed by atoms with Crippen molar-refractivity contribution in [3.63, 3.8) is 0 Å². The summed E-state index contributed by atoms with van der Waals surface area (Å²) < 4.78 is 5.25. The van der Waals surface area contributed by atoms with Gasteiger partial charge >= 0.3 is 5.97 Å². The van der Waals surface area contributed by atoms with Crippen LogP contribution in [-0.4, -0.2) is 35.3 Å². The Morgan fingerprint density at radius 1 is 1.75 bits per heavy atom. The molecule has 1 aliphatic heterocycles. The number of carbonyl (C=O) groups is 1.